The van der Waals surface area contributed by atoms with Gasteiger partial charge in [-0.15, -0.1) is 0 Å². The maximum atomic E-state index is 8.74. The van der Waals surface area contributed by atoms with Crippen LogP contribution in [-0.2, 0) is 10.4 Å². The van der Waals surface area contributed by atoms with E-state index in [2.05, 4.69) is 0 Å². The third-order valence-electron chi connectivity index (χ3n) is 0. The van der Waals surface area contributed by atoms with Crippen LogP contribution in [0.1, 0.15) is 0 Å². The van der Waals surface area contributed by atoms with Crippen LogP contribution in [0.25, 0.3) is 0 Å². The van der Waals surface area contributed by atoms with Gasteiger partial charge in [0, 0.05) is 0 Å². The molecule has 0 amide bonds. The fourth-order valence-electron chi connectivity index (χ4n) is 0. The van der Waals surface area contributed by atoms with Crippen LogP contribution in [0.5, 0.6) is 0 Å². The van der Waals surface area contributed by atoms with Crippen LogP contribution in [0.3, 0.4) is 0 Å². The third-order valence-corrected chi connectivity index (χ3v) is 0. The molecule has 0 atom stereocenters. The molecule has 15 heteroatoms. The minimum Gasteiger partial charge on any atom is -0.412 e. The molecular weight excluding hydrogens is 267 g/mol. The minimum absolute atomic E-state index is 0. The number of rotatable bonds is 0. The van der Waals surface area contributed by atoms with Crippen LogP contribution in [-0.4, -0.2) is 84.2 Å². The molecule has 0 saturated heterocycles. The van der Waals surface area contributed by atoms with Crippen LogP contribution in [0.2, 0.25) is 0 Å². The number of hydrogen-bond acceptors (Lipinski definition) is 2. The molecule has 0 bridgehead atoms. The van der Waals surface area contributed by atoms with Crippen molar-refractivity contribution in [1.82, 2.24) is 0 Å². The second kappa shape index (κ2) is 65.4. The lowest BCUT2D eigenvalue weighted by Gasteiger charge is -1.68. The standard InChI is InChI=1S/Al.H2O4S.9H2O.3H/c;1-5(2,3)4;;;;;;;;;;;;/h;(H2,1,2,3,4);9*1H2;;;. The Morgan fingerprint density at radius 2 is 0.533 bits per heavy atom. The van der Waals surface area contributed by atoms with Crippen molar-refractivity contribution in [3.63, 3.8) is 0 Å². The molecular formula is H23AlO13S. The van der Waals surface area contributed by atoms with E-state index in [4.69, 9.17) is 17.5 Å². The predicted octanol–water partition coefficient (Wildman–Crippen LogP) is -9.26. The largest absolute Gasteiger partial charge is 0.412 e. The summed E-state index contributed by atoms with van der Waals surface area (Å²) in [6.07, 6.45) is 0. The van der Waals surface area contributed by atoms with Gasteiger partial charge < -0.3 is 49.3 Å². The Bertz CT molecular complexity index is 93.7. The summed E-state index contributed by atoms with van der Waals surface area (Å²) in [5, 5.41) is 0. The summed E-state index contributed by atoms with van der Waals surface area (Å²) in [7, 11) is -4.67. The second-order valence-corrected chi connectivity index (χ2v) is 1.34. The van der Waals surface area contributed by atoms with Crippen molar-refractivity contribution in [3.05, 3.63) is 0 Å². The second-order valence-electron chi connectivity index (χ2n) is 0.448. The van der Waals surface area contributed by atoms with Crippen molar-refractivity contribution in [2.75, 3.05) is 0 Å². The SMILES string of the molecule is O.O.O.O.O.O.O.O.O.O=S(=O)(O)O.[AlH3]. The molecule has 0 unspecified atom stereocenters. The molecule has 0 aromatic rings. The van der Waals surface area contributed by atoms with E-state index in [0.717, 1.165) is 0 Å². The maximum absolute atomic E-state index is 8.74. The van der Waals surface area contributed by atoms with Gasteiger partial charge in [-0.2, -0.15) is 8.42 Å². The van der Waals surface area contributed by atoms with Gasteiger partial charge in [0.15, 0.2) is 17.4 Å². The smallest absolute Gasteiger partial charge is 0.394 e. The average molecular weight is 290 g/mol. The molecule has 0 spiro atoms. The summed E-state index contributed by atoms with van der Waals surface area (Å²) in [6, 6.07) is 0. The zero-order valence-corrected chi connectivity index (χ0v) is 7.44. The molecule has 0 aromatic heterocycles. The molecule has 13 nitrogen and oxygen atoms in total. The summed E-state index contributed by atoms with van der Waals surface area (Å²) in [4.78, 5) is 0. The average Bonchev–Trinajstić information content (AvgIpc) is 0.722. The lowest BCUT2D eigenvalue weighted by atomic mass is 15.8. The summed E-state index contributed by atoms with van der Waals surface area (Å²) in [6.45, 7) is 0. The molecule has 0 fully saturated rings. The van der Waals surface area contributed by atoms with Crippen molar-refractivity contribution >= 4 is 27.8 Å². The predicted molar refractivity (Wildman–Crippen MR) is 56.6 cm³/mol. The fourth-order valence-corrected chi connectivity index (χ4v) is 0. The van der Waals surface area contributed by atoms with Gasteiger partial charge in [-0.05, 0) is 0 Å². The zero-order valence-electron chi connectivity index (χ0n) is 6.62. The molecule has 0 saturated carbocycles. The van der Waals surface area contributed by atoms with Crippen LogP contribution in [0.15, 0.2) is 0 Å². The quantitative estimate of drug-likeness (QED) is 0.323. The third kappa shape index (κ3) is 1130000. The van der Waals surface area contributed by atoms with E-state index in [1.165, 1.54) is 0 Å². The molecule has 0 aliphatic rings. The highest BCUT2D eigenvalue weighted by Gasteiger charge is 1.84. The van der Waals surface area contributed by atoms with E-state index in [1.807, 2.05) is 0 Å². The molecule has 20 N–H and O–H groups in total. The first-order valence-electron chi connectivity index (χ1n) is 0.698. The topological polar surface area (TPSA) is 358 Å². The molecule has 0 rings (SSSR count). The van der Waals surface area contributed by atoms with Gasteiger partial charge in [0.2, 0.25) is 0 Å². The summed E-state index contributed by atoms with van der Waals surface area (Å²) in [5.41, 5.74) is 0. The van der Waals surface area contributed by atoms with Gasteiger partial charge in [0.1, 0.15) is 0 Å². The first-order chi connectivity index (χ1) is 2.00. The Kier molecular flexibility index (Phi) is 792. The molecule has 0 aromatic carbocycles. The minimum atomic E-state index is -4.67. The van der Waals surface area contributed by atoms with Gasteiger partial charge in [-0.3, -0.25) is 9.11 Å². The van der Waals surface area contributed by atoms with Crippen molar-refractivity contribution in [2.45, 2.75) is 0 Å². The molecule has 110 valence electrons. The van der Waals surface area contributed by atoms with Crippen LogP contribution < -0.4 is 0 Å². The lowest BCUT2D eigenvalue weighted by molar-refractivity contribution is 0.381. The van der Waals surface area contributed by atoms with E-state index in [0.29, 0.717) is 0 Å². The van der Waals surface area contributed by atoms with Gasteiger partial charge in [-0.1, -0.05) is 0 Å². The van der Waals surface area contributed by atoms with Crippen LogP contribution in [0, 0.1) is 0 Å². The summed E-state index contributed by atoms with van der Waals surface area (Å²) >= 11 is 0. The first kappa shape index (κ1) is 182. The fraction of sp³-hybridized carbons (Fsp3) is 0. The molecule has 0 aliphatic carbocycles. The molecule has 0 radical (unpaired) electrons. The van der Waals surface area contributed by atoms with Crippen molar-refractivity contribution in [1.29, 1.82) is 0 Å². The Hall–Kier alpha value is 0.0425. The Balaban J connectivity index is -0.00000000178. The van der Waals surface area contributed by atoms with E-state index < -0.39 is 10.4 Å². The number of hydrogen-bond donors (Lipinski definition) is 2. The highest BCUT2D eigenvalue weighted by atomic mass is 32.3. The van der Waals surface area contributed by atoms with Gasteiger partial charge in [-0.25, -0.2) is 0 Å². The normalized spacial score (nSPS) is 3.87. The molecule has 0 heterocycles. The Morgan fingerprint density at radius 1 is 0.533 bits per heavy atom. The van der Waals surface area contributed by atoms with E-state index >= 15 is 0 Å². The van der Waals surface area contributed by atoms with Crippen LogP contribution >= 0.6 is 0 Å². The van der Waals surface area contributed by atoms with Gasteiger partial charge in [0.05, 0.1) is 0 Å². The Morgan fingerprint density at radius 3 is 0.533 bits per heavy atom. The summed E-state index contributed by atoms with van der Waals surface area (Å²) < 4.78 is 31.6. The molecule has 0 aliphatic heterocycles. The highest BCUT2D eigenvalue weighted by Crippen LogP contribution is 1.59. The molecule has 15 heavy (non-hydrogen) atoms. The first-order valence-corrected chi connectivity index (χ1v) is 2.10. The monoisotopic (exact) mass is 290 g/mol. The maximum Gasteiger partial charge on any atom is 0.394 e. The van der Waals surface area contributed by atoms with Crippen molar-refractivity contribution < 1.29 is 66.8 Å². The van der Waals surface area contributed by atoms with Crippen LogP contribution in [0.4, 0.5) is 0 Å². The van der Waals surface area contributed by atoms with E-state index in [1.54, 1.807) is 0 Å². The highest BCUT2D eigenvalue weighted by molar-refractivity contribution is 7.79. The van der Waals surface area contributed by atoms with Gasteiger partial charge >= 0.3 is 10.4 Å². The zero-order chi connectivity index (χ0) is 4.50. The lowest BCUT2D eigenvalue weighted by Crippen LogP contribution is -1.89. The van der Waals surface area contributed by atoms with E-state index in [-0.39, 0.29) is 66.6 Å². The van der Waals surface area contributed by atoms with Crippen molar-refractivity contribution in [2.24, 2.45) is 0 Å². The van der Waals surface area contributed by atoms with Gasteiger partial charge in [0.25, 0.3) is 0 Å². The summed E-state index contributed by atoms with van der Waals surface area (Å²) in [5.74, 6) is 0. The Labute approximate surface area is 95.2 Å². The van der Waals surface area contributed by atoms with Crippen molar-refractivity contribution in [3.8, 4) is 0 Å². The van der Waals surface area contributed by atoms with E-state index in [9.17, 15) is 0 Å².